The lowest BCUT2D eigenvalue weighted by molar-refractivity contribution is -0.131. The van der Waals surface area contributed by atoms with Crippen LogP contribution in [0.3, 0.4) is 0 Å². The van der Waals surface area contributed by atoms with E-state index in [0.29, 0.717) is 0 Å². The highest BCUT2D eigenvalue weighted by molar-refractivity contribution is 5.79. The van der Waals surface area contributed by atoms with E-state index in [9.17, 15) is 13.6 Å². The minimum absolute atomic E-state index is 0.212. The van der Waals surface area contributed by atoms with Gasteiger partial charge in [0.05, 0.1) is 0 Å². The second-order valence-electron chi connectivity index (χ2n) is 2.27. The summed E-state index contributed by atoms with van der Waals surface area (Å²) in [4.78, 5) is 9.81. The first kappa shape index (κ1) is 7.18. The zero-order chi connectivity index (χ0) is 7.78. The summed E-state index contributed by atoms with van der Waals surface area (Å²) in [6.07, 6.45) is 1.57. The van der Waals surface area contributed by atoms with Gasteiger partial charge in [-0.3, -0.25) is 0 Å². The van der Waals surface area contributed by atoms with Gasteiger partial charge < -0.3 is 5.11 Å². The molecule has 4 heteroatoms. The molecule has 0 radical (unpaired) electrons. The first-order valence-corrected chi connectivity index (χ1v) is 2.81. The zero-order valence-electron chi connectivity index (χ0n) is 5.05. The van der Waals surface area contributed by atoms with Crippen LogP contribution in [0.15, 0.2) is 12.2 Å². The number of carboxylic acid groups (broad SMARTS) is 1. The molecule has 1 rings (SSSR count). The first-order chi connectivity index (χ1) is 4.52. The van der Waals surface area contributed by atoms with Gasteiger partial charge in [-0.25, -0.2) is 13.6 Å². The summed E-state index contributed by atoms with van der Waals surface area (Å²) in [5.74, 6) is -4.67. The van der Waals surface area contributed by atoms with Gasteiger partial charge in [0.25, 0.3) is 5.92 Å². The van der Waals surface area contributed by atoms with E-state index in [1.165, 1.54) is 0 Å². The van der Waals surface area contributed by atoms with Crippen LogP contribution in [0.5, 0.6) is 0 Å². The van der Waals surface area contributed by atoms with Gasteiger partial charge in [0.15, 0.2) is 0 Å². The highest BCUT2D eigenvalue weighted by atomic mass is 19.3. The van der Waals surface area contributed by atoms with Crippen molar-refractivity contribution in [2.24, 2.45) is 5.92 Å². The summed E-state index contributed by atoms with van der Waals surface area (Å²) < 4.78 is 24.0. The van der Waals surface area contributed by atoms with Crippen LogP contribution in [0, 0.1) is 5.92 Å². The van der Waals surface area contributed by atoms with Gasteiger partial charge in [-0.2, -0.15) is 0 Å². The molecule has 0 spiro atoms. The Hall–Kier alpha value is -0.930. The lowest BCUT2D eigenvalue weighted by Gasteiger charge is -1.86. The number of carboxylic acids is 1. The van der Waals surface area contributed by atoms with E-state index in [-0.39, 0.29) is 6.42 Å². The maximum absolute atomic E-state index is 12.0. The zero-order valence-corrected chi connectivity index (χ0v) is 5.05. The molecular formula is C6H6F2O2. The number of hydrogen-bond acceptors (Lipinski definition) is 1. The van der Waals surface area contributed by atoms with Crippen molar-refractivity contribution in [3.8, 4) is 0 Å². The van der Waals surface area contributed by atoms with Crippen molar-refractivity contribution in [1.29, 1.82) is 0 Å². The lowest BCUT2D eigenvalue weighted by atomic mass is 10.3. The summed E-state index contributed by atoms with van der Waals surface area (Å²) in [6.45, 7) is 0. The molecule has 1 fully saturated rings. The van der Waals surface area contributed by atoms with E-state index in [0.717, 1.165) is 12.2 Å². The molecule has 1 aliphatic carbocycles. The molecule has 0 heterocycles. The molecule has 10 heavy (non-hydrogen) atoms. The number of rotatable bonds is 2. The van der Waals surface area contributed by atoms with Crippen LogP contribution in [-0.2, 0) is 4.79 Å². The average molecular weight is 148 g/mol. The van der Waals surface area contributed by atoms with Crippen molar-refractivity contribution in [3.05, 3.63) is 12.2 Å². The number of allylic oxidation sites excluding steroid dienone is 1. The minimum Gasteiger partial charge on any atom is -0.478 e. The quantitative estimate of drug-likeness (QED) is 0.599. The highest BCUT2D eigenvalue weighted by Crippen LogP contribution is 2.49. The maximum Gasteiger partial charge on any atom is 0.327 e. The van der Waals surface area contributed by atoms with Crippen LogP contribution in [0.2, 0.25) is 0 Å². The van der Waals surface area contributed by atoms with E-state index < -0.39 is 17.8 Å². The van der Waals surface area contributed by atoms with E-state index in [4.69, 9.17) is 5.11 Å². The van der Waals surface area contributed by atoms with Crippen LogP contribution < -0.4 is 0 Å². The van der Waals surface area contributed by atoms with Gasteiger partial charge in [-0.05, 0) is 0 Å². The van der Waals surface area contributed by atoms with Crippen LogP contribution in [-0.4, -0.2) is 17.0 Å². The molecule has 0 aliphatic heterocycles. The Balaban J connectivity index is 2.37. The summed E-state index contributed by atoms with van der Waals surface area (Å²) in [7, 11) is 0. The third kappa shape index (κ3) is 1.52. The van der Waals surface area contributed by atoms with E-state index in [1.807, 2.05) is 0 Å². The lowest BCUT2D eigenvalue weighted by Crippen LogP contribution is -1.92. The smallest absolute Gasteiger partial charge is 0.327 e. The first-order valence-electron chi connectivity index (χ1n) is 2.81. The Bertz CT molecular complexity index is 186. The standard InChI is InChI=1S/C6H6F2O2/c7-6(8)3-4(6)1-2-5(9)10/h1-2,4H,3H2,(H,9,10). The molecule has 2 nitrogen and oxygen atoms in total. The summed E-state index contributed by atoms with van der Waals surface area (Å²) >= 11 is 0. The van der Waals surface area contributed by atoms with Gasteiger partial charge in [-0.1, -0.05) is 6.08 Å². The molecule has 56 valence electrons. The fourth-order valence-corrected chi connectivity index (χ4v) is 0.642. The number of aliphatic carboxylic acids is 1. The van der Waals surface area contributed by atoms with E-state index in [2.05, 4.69) is 0 Å². The molecule has 0 aromatic rings. The molecule has 0 aromatic heterocycles. The molecule has 1 saturated carbocycles. The normalized spacial score (nSPS) is 28.8. The fraction of sp³-hybridized carbons (Fsp3) is 0.500. The van der Waals surface area contributed by atoms with E-state index >= 15 is 0 Å². The summed E-state index contributed by atoms with van der Waals surface area (Å²) in [5, 5.41) is 8.03. The predicted molar refractivity (Wildman–Crippen MR) is 29.8 cm³/mol. The maximum atomic E-state index is 12.0. The van der Waals surface area contributed by atoms with Crippen molar-refractivity contribution in [2.75, 3.05) is 0 Å². The second kappa shape index (κ2) is 2.04. The fourth-order valence-electron chi connectivity index (χ4n) is 0.642. The van der Waals surface area contributed by atoms with Crippen LogP contribution in [0.1, 0.15) is 6.42 Å². The van der Waals surface area contributed by atoms with Gasteiger partial charge >= 0.3 is 5.97 Å². The number of halogens is 2. The van der Waals surface area contributed by atoms with Crippen molar-refractivity contribution >= 4 is 5.97 Å². The molecule has 1 atom stereocenters. The SMILES string of the molecule is O=C(O)C=CC1CC1(F)F. The third-order valence-corrected chi connectivity index (χ3v) is 1.35. The van der Waals surface area contributed by atoms with Crippen molar-refractivity contribution in [3.63, 3.8) is 0 Å². The number of hydrogen-bond donors (Lipinski definition) is 1. The second-order valence-corrected chi connectivity index (χ2v) is 2.27. The summed E-state index contributed by atoms with van der Waals surface area (Å²) in [5.41, 5.74) is 0. The van der Waals surface area contributed by atoms with Crippen molar-refractivity contribution in [2.45, 2.75) is 12.3 Å². The molecule has 1 aliphatic rings. The molecule has 0 amide bonds. The largest absolute Gasteiger partial charge is 0.478 e. The number of carbonyl (C=O) groups is 1. The molecule has 0 aromatic carbocycles. The number of alkyl halides is 2. The highest BCUT2D eigenvalue weighted by Gasteiger charge is 2.55. The Kier molecular flexibility index (Phi) is 1.46. The monoisotopic (exact) mass is 148 g/mol. The Morgan fingerprint density at radius 2 is 2.20 bits per heavy atom. The van der Waals surface area contributed by atoms with Crippen molar-refractivity contribution in [1.82, 2.24) is 0 Å². The summed E-state index contributed by atoms with van der Waals surface area (Å²) in [6, 6.07) is 0. The van der Waals surface area contributed by atoms with Gasteiger partial charge in [0.2, 0.25) is 0 Å². The Morgan fingerprint density at radius 3 is 2.50 bits per heavy atom. The van der Waals surface area contributed by atoms with Crippen molar-refractivity contribution < 1.29 is 18.7 Å². The van der Waals surface area contributed by atoms with Gasteiger partial charge in [0.1, 0.15) is 0 Å². The topological polar surface area (TPSA) is 37.3 Å². The molecule has 1 unspecified atom stereocenters. The van der Waals surface area contributed by atoms with Crippen LogP contribution in [0.25, 0.3) is 0 Å². The predicted octanol–water partition coefficient (Wildman–Crippen LogP) is 1.28. The van der Waals surface area contributed by atoms with Gasteiger partial charge in [-0.15, -0.1) is 0 Å². The molecule has 0 saturated heterocycles. The minimum atomic E-state index is -2.65. The van der Waals surface area contributed by atoms with E-state index in [1.54, 1.807) is 0 Å². The average Bonchev–Trinajstić information content (AvgIpc) is 2.35. The molecule has 1 N–H and O–H groups in total. The Morgan fingerprint density at radius 1 is 1.70 bits per heavy atom. The Labute approximate surface area is 56.2 Å². The van der Waals surface area contributed by atoms with Crippen LogP contribution in [0.4, 0.5) is 8.78 Å². The third-order valence-electron chi connectivity index (χ3n) is 1.35. The molecular weight excluding hydrogens is 142 g/mol. The van der Waals surface area contributed by atoms with Crippen LogP contribution >= 0.6 is 0 Å². The van der Waals surface area contributed by atoms with Gasteiger partial charge in [0, 0.05) is 18.4 Å². The molecule has 0 bridgehead atoms.